The second-order valence-electron chi connectivity index (χ2n) is 9.46. The molecular weight excluding hydrogens is 366 g/mol. The van der Waals surface area contributed by atoms with Crippen molar-refractivity contribution < 1.29 is 14.7 Å². The van der Waals surface area contributed by atoms with Crippen LogP contribution in [0, 0.1) is 18.8 Å². The third-order valence-corrected chi connectivity index (χ3v) is 7.06. The Balaban J connectivity index is 1.59. The number of hydrogen-bond acceptors (Lipinski definition) is 4. The van der Waals surface area contributed by atoms with Crippen molar-refractivity contribution in [1.29, 1.82) is 0 Å². The van der Waals surface area contributed by atoms with Crippen LogP contribution in [0.3, 0.4) is 0 Å². The summed E-state index contributed by atoms with van der Waals surface area (Å²) in [6.45, 7) is 4.43. The second kappa shape index (κ2) is 7.73. The van der Waals surface area contributed by atoms with Crippen molar-refractivity contribution in [2.45, 2.75) is 44.2 Å². The van der Waals surface area contributed by atoms with E-state index in [9.17, 15) is 14.7 Å². The van der Waals surface area contributed by atoms with Gasteiger partial charge in [0, 0.05) is 31.5 Å². The molecule has 1 aliphatic carbocycles. The molecule has 6 nitrogen and oxygen atoms in total. The molecule has 4 rings (SSSR count). The Hall–Kier alpha value is -1.92. The highest BCUT2D eigenvalue weighted by molar-refractivity contribution is 5.86. The lowest BCUT2D eigenvalue weighted by Crippen LogP contribution is -2.48. The van der Waals surface area contributed by atoms with Gasteiger partial charge in [-0.25, -0.2) is 0 Å². The maximum atomic E-state index is 13.1. The lowest BCUT2D eigenvalue weighted by molar-refractivity contribution is -0.150. The molecule has 1 aromatic carbocycles. The summed E-state index contributed by atoms with van der Waals surface area (Å²) in [6, 6.07) is 8.26. The number of carbonyl (C=O) groups is 2. The first-order chi connectivity index (χ1) is 13.8. The van der Waals surface area contributed by atoms with Crippen LogP contribution in [0.4, 0.5) is 0 Å². The zero-order valence-electron chi connectivity index (χ0n) is 17.8. The van der Waals surface area contributed by atoms with Crippen LogP contribution in [0.2, 0.25) is 0 Å². The molecule has 1 aromatic rings. The lowest BCUT2D eigenvalue weighted by atomic mass is 9.87. The van der Waals surface area contributed by atoms with E-state index in [4.69, 9.17) is 0 Å². The van der Waals surface area contributed by atoms with Gasteiger partial charge in [0.1, 0.15) is 5.60 Å². The molecule has 3 atom stereocenters. The highest BCUT2D eigenvalue weighted by Gasteiger charge is 2.52. The molecule has 0 bridgehead atoms. The van der Waals surface area contributed by atoms with Gasteiger partial charge in [-0.2, -0.15) is 0 Å². The minimum atomic E-state index is -1.17. The fourth-order valence-electron chi connectivity index (χ4n) is 5.61. The van der Waals surface area contributed by atoms with Crippen molar-refractivity contribution in [3.8, 4) is 0 Å². The highest BCUT2D eigenvalue weighted by atomic mass is 16.3. The van der Waals surface area contributed by atoms with Crippen molar-refractivity contribution in [3.63, 3.8) is 0 Å². The number of carbonyl (C=O) groups excluding carboxylic acids is 2. The third kappa shape index (κ3) is 3.68. The van der Waals surface area contributed by atoms with Crippen LogP contribution >= 0.6 is 0 Å². The minimum Gasteiger partial charge on any atom is -0.380 e. The number of aryl methyl sites for hydroxylation is 1. The van der Waals surface area contributed by atoms with Crippen molar-refractivity contribution in [2.75, 3.05) is 40.3 Å². The van der Waals surface area contributed by atoms with Crippen LogP contribution in [0.5, 0.6) is 0 Å². The maximum absolute atomic E-state index is 13.1. The number of benzene rings is 1. The minimum absolute atomic E-state index is 0.00956. The van der Waals surface area contributed by atoms with Crippen molar-refractivity contribution >= 4 is 11.8 Å². The van der Waals surface area contributed by atoms with E-state index in [1.54, 1.807) is 0 Å². The largest absolute Gasteiger partial charge is 0.380 e. The summed E-state index contributed by atoms with van der Waals surface area (Å²) < 4.78 is 0. The average molecular weight is 400 g/mol. The summed E-state index contributed by atoms with van der Waals surface area (Å²) in [4.78, 5) is 31.9. The SMILES string of the molecule is Cc1ccccc1[C@H]1[C@@H]2CN(C(=O)C3(O)CCCC3)C[C@@H]2CN1C(=O)CN(C)C. The molecule has 6 heteroatoms. The summed E-state index contributed by atoms with van der Waals surface area (Å²) in [7, 11) is 3.83. The fraction of sp³-hybridized carbons (Fsp3) is 0.652. The maximum Gasteiger partial charge on any atom is 0.254 e. The van der Waals surface area contributed by atoms with E-state index in [1.165, 1.54) is 11.1 Å². The number of rotatable bonds is 4. The molecular formula is C23H33N3O3. The third-order valence-electron chi connectivity index (χ3n) is 7.06. The first-order valence-electron chi connectivity index (χ1n) is 10.8. The van der Waals surface area contributed by atoms with Crippen molar-refractivity contribution in [2.24, 2.45) is 11.8 Å². The van der Waals surface area contributed by atoms with Gasteiger partial charge in [-0.15, -0.1) is 0 Å². The van der Waals surface area contributed by atoms with E-state index in [0.29, 0.717) is 39.0 Å². The molecule has 0 unspecified atom stereocenters. The molecule has 3 fully saturated rings. The van der Waals surface area contributed by atoms with E-state index < -0.39 is 5.60 Å². The summed E-state index contributed by atoms with van der Waals surface area (Å²) in [5.41, 5.74) is 1.19. The molecule has 3 aliphatic rings. The van der Waals surface area contributed by atoms with Gasteiger partial charge in [0.15, 0.2) is 0 Å². The van der Waals surface area contributed by atoms with E-state index in [0.717, 1.165) is 12.8 Å². The lowest BCUT2D eigenvalue weighted by Gasteiger charge is -2.33. The predicted octanol–water partition coefficient (Wildman–Crippen LogP) is 1.82. The normalized spacial score (nSPS) is 28.2. The number of fused-ring (bicyclic) bond motifs is 1. The molecule has 2 aliphatic heterocycles. The molecule has 0 spiro atoms. The smallest absolute Gasteiger partial charge is 0.254 e. The Labute approximate surface area is 173 Å². The molecule has 1 N–H and O–H groups in total. The van der Waals surface area contributed by atoms with Gasteiger partial charge in [-0.1, -0.05) is 24.3 Å². The second-order valence-corrected chi connectivity index (χ2v) is 9.46. The van der Waals surface area contributed by atoms with E-state index in [1.807, 2.05) is 40.9 Å². The number of likely N-dealkylation sites (N-methyl/N-ethyl adjacent to an activating group) is 1. The van der Waals surface area contributed by atoms with Crippen LogP contribution in [-0.4, -0.2) is 77.5 Å². The number of likely N-dealkylation sites (tertiary alicyclic amines) is 2. The molecule has 29 heavy (non-hydrogen) atoms. The molecule has 0 radical (unpaired) electrons. The van der Waals surface area contributed by atoms with Crippen LogP contribution in [-0.2, 0) is 9.59 Å². The number of amides is 2. The summed E-state index contributed by atoms with van der Waals surface area (Å²) in [5, 5.41) is 10.8. The molecule has 2 saturated heterocycles. The van der Waals surface area contributed by atoms with Crippen LogP contribution in [0.15, 0.2) is 24.3 Å². The van der Waals surface area contributed by atoms with Gasteiger partial charge in [-0.05, 0) is 57.8 Å². The first kappa shape index (κ1) is 20.4. The standard InChI is InChI=1S/C23H33N3O3/c1-16-8-4-5-9-18(16)21-19-14-25(22(28)23(29)10-6-7-11-23)12-17(19)13-26(21)20(27)15-24(2)3/h4-5,8-9,17,19,21,29H,6-7,10-15H2,1-3H3/t17-,19-,21+/m1/s1. The molecule has 158 valence electrons. The summed E-state index contributed by atoms with van der Waals surface area (Å²) >= 11 is 0. The number of hydrogen-bond donors (Lipinski definition) is 1. The van der Waals surface area contributed by atoms with Gasteiger partial charge in [0.25, 0.3) is 5.91 Å². The van der Waals surface area contributed by atoms with Crippen LogP contribution in [0.1, 0.15) is 42.9 Å². The average Bonchev–Trinajstić information content (AvgIpc) is 3.36. The van der Waals surface area contributed by atoms with E-state index >= 15 is 0 Å². The zero-order valence-corrected chi connectivity index (χ0v) is 17.8. The van der Waals surface area contributed by atoms with Gasteiger partial charge in [0.05, 0.1) is 12.6 Å². The fourth-order valence-corrected chi connectivity index (χ4v) is 5.61. The zero-order chi connectivity index (χ0) is 20.8. The molecule has 0 aromatic heterocycles. The first-order valence-corrected chi connectivity index (χ1v) is 10.8. The Kier molecular flexibility index (Phi) is 5.42. The quantitative estimate of drug-likeness (QED) is 0.839. The van der Waals surface area contributed by atoms with Gasteiger partial charge < -0.3 is 19.8 Å². The summed E-state index contributed by atoms with van der Waals surface area (Å²) in [5.74, 6) is 0.528. The Morgan fingerprint density at radius 2 is 1.83 bits per heavy atom. The Bertz CT molecular complexity index is 787. The molecule has 2 heterocycles. The van der Waals surface area contributed by atoms with Gasteiger partial charge in [0.2, 0.25) is 5.91 Å². The Morgan fingerprint density at radius 3 is 2.48 bits per heavy atom. The molecule has 2 amide bonds. The molecule has 1 saturated carbocycles. The Morgan fingerprint density at radius 1 is 1.14 bits per heavy atom. The van der Waals surface area contributed by atoms with E-state index in [2.05, 4.69) is 19.1 Å². The van der Waals surface area contributed by atoms with Crippen molar-refractivity contribution in [3.05, 3.63) is 35.4 Å². The van der Waals surface area contributed by atoms with E-state index in [-0.39, 0.29) is 29.7 Å². The summed E-state index contributed by atoms with van der Waals surface area (Å²) in [6.07, 6.45) is 2.99. The van der Waals surface area contributed by atoms with Crippen LogP contribution < -0.4 is 0 Å². The number of aliphatic hydroxyl groups is 1. The van der Waals surface area contributed by atoms with Gasteiger partial charge >= 0.3 is 0 Å². The number of nitrogens with zero attached hydrogens (tertiary/aromatic N) is 3. The van der Waals surface area contributed by atoms with Crippen molar-refractivity contribution in [1.82, 2.24) is 14.7 Å². The highest BCUT2D eigenvalue weighted by Crippen LogP contribution is 2.46. The monoisotopic (exact) mass is 399 g/mol. The van der Waals surface area contributed by atoms with Gasteiger partial charge in [-0.3, -0.25) is 9.59 Å². The topological polar surface area (TPSA) is 64.1 Å². The van der Waals surface area contributed by atoms with Crippen LogP contribution in [0.25, 0.3) is 0 Å². The predicted molar refractivity (Wildman–Crippen MR) is 111 cm³/mol.